The lowest BCUT2D eigenvalue weighted by Gasteiger charge is -2.73. The first kappa shape index (κ1) is 12.9. The van der Waals surface area contributed by atoms with Crippen molar-refractivity contribution in [3.8, 4) is 0 Å². The number of fused-ring (bicyclic) bond motifs is 2. The van der Waals surface area contributed by atoms with Gasteiger partial charge in [0, 0.05) is 11.8 Å². The molecule has 18 heavy (non-hydrogen) atoms. The minimum absolute atomic E-state index is 0.0175. The van der Waals surface area contributed by atoms with E-state index in [0.29, 0.717) is 6.42 Å². The van der Waals surface area contributed by atoms with Crippen LogP contribution in [0.3, 0.4) is 0 Å². The van der Waals surface area contributed by atoms with Gasteiger partial charge in [-0.25, -0.2) is 0 Å². The quantitative estimate of drug-likeness (QED) is 0.697. The molecule has 2 bridgehead atoms. The normalized spacial score (nSPS) is 58.3. The fraction of sp³-hybridized carbons (Fsp3) is 1.00. The lowest BCUT2D eigenvalue weighted by Crippen LogP contribution is -2.80. The number of ether oxygens (including phenoxy) is 1. The first-order chi connectivity index (χ1) is 8.15. The Balaban J connectivity index is 2.07. The Kier molecular flexibility index (Phi) is 2.37. The summed E-state index contributed by atoms with van der Waals surface area (Å²) in [6.45, 7) is 8.53. The third kappa shape index (κ3) is 1.26. The molecule has 1 spiro atoms. The number of aliphatic hydroxyl groups excluding tert-OH is 1. The molecule has 0 amide bonds. The molecule has 3 heteroatoms. The predicted molar refractivity (Wildman–Crippen MR) is 69.2 cm³/mol. The van der Waals surface area contributed by atoms with Crippen molar-refractivity contribution < 1.29 is 14.9 Å². The summed E-state index contributed by atoms with van der Waals surface area (Å²) >= 11 is 0. The molecular formula is C15H26O3. The van der Waals surface area contributed by atoms with Crippen molar-refractivity contribution in [2.75, 3.05) is 0 Å². The Morgan fingerprint density at radius 2 is 1.72 bits per heavy atom. The molecule has 0 aromatic heterocycles. The van der Waals surface area contributed by atoms with Crippen molar-refractivity contribution in [2.45, 2.75) is 83.2 Å². The van der Waals surface area contributed by atoms with Crippen molar-refractivity contribution in [2.24, 2.45) is 10.8 Å². The van der Waals surface area contributed by atoms with Crippen LogP contribution in [-0.2, 0) is 4.74 Å². The second kappa shape index (κ2) is 3.31. The molecule has 2 aliphatic carbocycles. The van der Waals surface area contributed by atoms with E-state index in [9.17, 15) is 10.2 Å². The zero-order chi connectivity index (χ0) is 13.4. The van der Waals surface area contributed by atoms with Crippen molar-refractivity contribution in [3.63, 3.8) is 0 Å². The number of aliphatic hydroxyl groups is 2. The van der Waals surface area contributed by atoms with Crippen LogP contribution in [0.5, 0.6) is 0 Å². The second-order valence-electron chi connectivity index (χ2n) is 7.90. The van der Waals surface area contributed by atoms with Gasteiger partial charge < -0.3 is 14.9 Å². The minimum atomic E-state index is -0.763. The third-order valence-corrected chi connectivity index (χ3v) is 6.21. The number of hydrogen-bond acceptors (Lipinski definition) is 3. The Morgan fingerprint density at radius 3 is 2.33 bits per heavy atom. The van der Waals surface area contributed by atoms with Crippen LogP contribution in [0, 0.1) is 10.8 Å². The first-order valence-electron chi connectivity index (χ1n) is 7.23. The zero-order valence-corrected chi connectivity index (χ0v) is 12.0. The van der Waals surface area contributed by atoms with E-state index in [1.54, 1.807) is 0 Å². The molecule has 5 atom stereocenters. The van der Waals surface area contributed by atoms with Gasteiger partial charge in [0.25, 0.3) is 0 Å². The molecule has 0 unspecified atom stereocenters. The van der Waals surface area contributed by atoms with Crippen LogP contribution in [0.15, 0.2) is 0 Å². The van der Waals surface area contributed by atoms with Crippen LogP contribution >= 0.6 is 0 Å². The van der Waals surface area contributed by atoms with Crippen LogP contribution in [0.25, 0.3) is 0 Å². The highest BCUT2D eigenvalue weighted by Gasteiger charge is 2.76. The van der Waals surface area contributed by atoms with E-state index in [-0.39, 0.29) is 16.9 Å². The van der Waals surface area contributed by atoms with E-state index in [4.69, 9.17) is 4.74 Å². The van der Waals surface area contributed by atoms with E-state index in [1.807, 2.05) is 6.92 Å². The summed E-state index contributed by atoms with van der Waals surface area (Å²) < 4.78 is 6.21. The standard InChI is InChI=1S/C15H26O3/c1-12(2)6-5-11-14(4)8-7-13(3,17)9-10(16)15(12,14)18-11/h10-11,16-17H,5-9H2,1-4H3/t10-,11+,13+,14-,15-/m1/s1. The molecule has 0 aromatic carbocycles. The molecule has 0 radical (unpaired) electrons. The average Bonchev–Trinajstić information content (AvgIpc) is 2.27. The summed E-state index contributed by atoms with van der Waals surface area (Å²) in [5.41, 5.74) is -1.21. The van der Waals surface area contributed by atoms with Crippen molar-refractivity contribution in [1.29, 1.82) is 0 Å². The molecule has 0 aromatic rings. The summed E-state index contributed by atoms with van der Waals surface area (Å²) in [5.74, 6) is 0. The molecular weight excluding hydrogens is 228 g/mol. The lowest BCUT2D eigenvalue weighted by atomic mass is 9.45. The van der Waals surface area contributed by atoms with Crippen LogP contribution in [0.2, 0.25) is 0 Å². The largest absolute Gasteiger partial charge is 0.390 e. The summed E-state index contributed by atoms with van der Waals surface area (Å²) in [7, 11) is 0. The molecule has 104 valence electrons. The van der Waals surface area contributed by atoms with Gasteiger partial charge >= 0.3 is 0 Å². The molecule has 4 rings (SSSR count). The van der Waals surface area contributed by atoms with Gasteiger partial charge in [0.2, 0.25) is 0 Å². The molecule has 2 N–H and O–H groups in total. The Hall–Kier alpha value is -0.120. The molecule has 2 saturated carbocycles. The summed E-state index contributed by atoms with van der Waals surface area (Å²) in [6.07, 6.45) is 4.04. The summed E-state index contributed by atoms with van der Waals surface area (Å²) in [4.78, 5) is 0. The van der Waals surface area contributed by atoms with Gasteiger partial charge in [-0.3, -0.25) is 0 Å². The third-order valence-electron chi connectivity index (χ3n) is 6.21. The summed E-state index contributed by atoms with van der Waals surface area (Å²) in [6, 6.07) is 0. The fourth-order valence-corrected chi connectivity index (χ4v) is 5.11. The van der Waals surface area contributed by atoms with Crippen LogP contribution < -0.4 is 0 Å². The zero-order valence-electron chi connectivity index (χ0n) is 12.0. The number of rotatable bonds is 0. The molecule has 2 heterocycles. The Bertz CT molecular complexity index is 376. The van der Waals surface area contributed by atoms with Crippen LogP contribution in [0.4, 0.5) is 0 Å². The fourth-order valence-electron chi connectivity index (χ4n) is 5.11. The SMILES string of the molecule is CC1(C)CC[C@@H]2O[C@]13[C@H](O)C[C@@](C)(O)CC[C@]23C. The maximum atomic E-state index is 10.7. The van der Waals surface area contributed by atoms with E-state index < -0.39 is 17.3 Å². The van der Waals surface area contributed by atoms with Gasteiger partial charge in [-0.2, -0.15) is 0 Å². The molecule has 4 fully saturated rings. The van der Waals surface area contributed by atoms with Crippen molar-refractivity contribution >= 4 is 0 Å². The minimum Gasteiger partial charge on any atom is -0.390 e. The van der Waals surface area contributed by atoms with Gasteiger partial charge in [-0.15, -0.1) is 0 Å². The lowest BCUT2D eigenvalue weighted by molar-refractivity contribution is -0.409. The van der Waals surface area contributed by atoms with Gasteiger partial charge in [0.1, 0.15) is 5.60 Å². The highest BCUT2D eigenvalue weighted by atomic mass is 16.6. The van der Waals surface area contributed by atoms with Crippen LogP contribution in [0.1, 0.15) is 59.8 Å². The van der Waals surface area contributed by atoms with E-state index in [2.05, 4.69) is 20.8 Å². The maximum Gasteiger partial charge on any atom is 0.107 e. The van der Waals surface area contributed by atoms with E-state index in [0.717, 1.165) is 25.7 Å². The first-order valence-corrected chi connectivity index (χ1v) is 7.23. The van der Waals surface area contributed by atoms with E-state index in [1.165, 1.54) is 0 Å². The predicted octanol–water partition coefficient (Wildman–Crippen LogP) is 2.25. The van der Waals surface area contributed by atoms with Gasteiger partial charge in [0.05, 0.1) is 17.8 Å². The monoisotopic (exact) mass is 254 g/mol. The highest BCUT2D eigenvalue weighted by molar-refractivity contribution is 5.24. The molecule has 3 nitrogen and oxygen atoms in total. The van der Waals surface area contributed by atoms with E-state index >= 15 is 0 Å². The molecule has 4 aliphatic rings. The van der Waals surface area contributed by atoms with Crippen LogP contribution in [-0.4, -0.2) is 33.6 Å². The number of hydrogen-bond donors (Lipinski definition) is 2. The average molecular weight is 254 g/mol. The Labute approximate surface area is 110 Å². The van der Waals surface area contributed by atoms with Gasteiger partial charge in [0.15, 0.2) is 0 Å². The summed E-state index contributed by atoms with van der Waals surface area (Å²) in [5, 5.41) is 21.1. The van der Waals surface area contributed by atoms with Gasteiger partial charge in [-0.1, -0.05) is 20.8 Å². The van der Waals surface area contributed by atoms with Crippen molar-refractivity contribution in [3.05, 3.63) is 0 Å². The Morgan fingerprint density at radius 1 is 1.06 bits per heavy atom. The molecule has 2 saturated heterocycles. The maximum absolute atomic E-state index is 10.7. The second-order valence-corrected chi connectivity index (χ2v) is 7.90. The smallest absolute Gasteiger partial charge is 0.107 e. The van der Waals surface area contributed by atoms with Crippen molar-refractivity contribution in [1.82, 2.24) is 0 Å². The molecule has 2 aliphatic heterocycles. The van der Waals surface area contributed by atoms with Gasteiger partial charge in [-0.05, 0) is 38.0 Å². The topological polar surface area (TPSA) is 49.7 Å². The highest BCUT2D eigenvalue weighted by Crippen LogP contribution is 2.70.